The predicted molar refractivity (Wildman–Crippen MR) is 84.4 cm³/mol. The number of hydrogen-bond donors (Lipinski definition) is 0. The predicted octanol–water partition coefficient (Wildman–Crippen LogP) is 3.38. The van der Waals surface area contributed by atoms with Gasteiger partial charge in [0.25, 0.3) is 11.8 Å². The lowest BCUT2D eigenvalue weighted by molar-refractivity contribution is -0.0602. The van der Waals surface area contributed by atoms with Gasteiger partial charge in [0.2, 0.25) is 5.76 Å². The van der Waals surface area contributed by atoms with E-state index in [-0.39, 0.29) is 16.9 Å². The highest BCUT2D eigenvalue weighted by molar-refractivity contribution is 7.13. The minimum Gasteiger partial charge on any atom is -0.448 e. The van der Waals surface area contributed by atoms with Gasteiger partial charge < -0.3 is 9.25 Å². The lowest BCUT2D eigenvalue weighted by Gasteiger charge is -2.11. The van der Waals surface area contributed by atoms with Crippen molar-refractivity contribution in [2.75, 3.05) is 0 Å². The van der Waals surface area contributed by atoms with Crippen LogP contribution in [0.4, 0.5) is 0 Å². The van der Waals surface area contributed by atoms with Gasteiger partial charge in [-0.15, -0.1) is 11.3 Å². The lowest BCUT2D eigenvalue weighted by atomic mass is 10.1. The van der Waals surface area contributed by atoms with Crippen LogP contribution in [0.2, 0.25) is 0 Å². The molecule has 3 heterocycles. The molecule has 0 fully saturated rings. The largest absolute Gasteiger partial charge is 0.448 e. The summed E-state index contributed by atoms with van der Waals surface area (Å²) < 4.78 is 5.43. The van der Waals surface area contributed by atoms with Crippen molar-refractivity contribution in [1.29, 1.82) is 0 Å². The molecule has 0 saturated heterocycles. The van der Waals surface area contributed by atoms with Gasteiger partial charge in [0.1, 0.15) is 5.76 Å². The zero-order chi connectivity index (χ0) is 16.7. The molecule has 6 nitrogen and oxygen atoms in total. The first-order chi connectivity index (χ1) is 11.6. The van der Waals surface area contributed by atoms with Crippen molar-refractivity contribution in [1.82, 2.24) is 5.06 Å². The molecule has 24 heavy (non-hydrogen) atoms. The number of furan rings is 1. The van der Waals surface area contributed by atoms with Crippen molar-refractivity contribution >= 4 is 29.1 Å². The minimum absolute atomic E-state index is 0.0880. The molecule has 0 saturated carbocycles. The fourth-order valence-corrected chi connectivity index (χ4v) is 3.06. The van der Waals surface area contributed by atoms with Crippen molar-refractivity contribution in [2.45, 2.75) is 0 Å². The molecule has 0 atom stereocenters. The van der Waals surface area contributed by atoms with Crippen LogP contribution in [0.3, 0.4) is 0 Å². The number of rotatable bonds is 3. The summed E-state index contributed by atoms with van der Waals surface area (Å²) in [7, 11) is 0. The van der Waals surface area contributed by atoms with E-state index in [1.54, 1.807) is 18.2 Å². The Balaban J connectivity index is 1.55. The van der Waals surface area contributed by atoms with Gasteiger partial charge in [-0.2, -0.15) is 0 Å². The summed E-state index contributed by atoms with van der Waals surface area (Å²) >= 11 is 1.46. The van der Waals surface area contributed by atoms with Crippen LogP contribution in [0.5, 0.6) is 0 Å². The van der Waals surface area contributed by atoms with Crippen LogP contribution in [0.25, 0.3) is 10.6 Å². The van der Waals surface area contributed by atoms with E-state index in [9.17, 15) is 14.4 Å². The summed E-state index contributed by atoms with van der Waals surface area (Å²) in [6.45, 7) is 0. The molecule has 0 spiro atoms. The van der Waals surface area contributed by atoms with Crippen LogP contribution in [0, 0.1) is 0 Å². The molecular formula is C17H9NO5S. The summed E-state index contributed by atoms with van der Waals surface area (Å²) in [5, 5.41) is 2.34. The second-order valence-corrected chi connectivity index (χ2v) is 5.92. The third kappa shape index (κ3) is 2.22. The van der Waals surface area contributed by atoms with Gasteiger partial charge in [0, 0.05) is 0 Å². The Morgan fingerprint density at radius 1 is 0.958 bits per heavy atom. The summed E-state index contributed by atoms with van der Waals surface area (Å²) in [5.41, 5.74) is 0.406. The van der Waals surface area contributed by atoms with Gasteiger partial charge in [-0.1, -0.05) is 23.3 Å². The highest BCUT2D eigenvalue weighted by Gasteiger charge is 2.39. The van der Waals surface area contributed by atoms with Gasteiger partial charge in [0.15, 0.2) is 0 Å². The lowest BCUT2D eigenvalue weighted by Crippen LogP contribution is -2.32. The first kappa shape index (κ1) is 14.4. The van der Waals surface area contributed by atoms with Crippen molar-refractivity contribution < 1.29 is 23.6 Å². The maximum atomic E-state index is 12.2. The molecule has 1 aromatic carbocycles. The molecule has 0 aliphatic carbocycles. The standard InChI is InChI=1S/C17H9NO5S/c19-15-10-4-1-2-5-11(10)16(20)18(15)23-17(21)13-8-7-12(22-13)14-6-3-9-24-14/h1-9H. The Kier molecular flexibility index (Phi) is 3.28. The third-order valence-electron chi connectivity index (χ3n) is 3.50. The highest BCUT2D eigenvalue weighted by Crippen LogP contribution is 2.28. The van der Waals surface area contributed by atoms with E-state index in [0.717, 1.165) is 4.88 Å². The van der Waals surface area contributed by atoms with Gasteiger partial charge in [-0.25, -0.2) is 4.79 Å². The smallest absolute Gasteiger partial charge is 0.399 e. The third-order valence-corrected chi connectivity index (χ3v) is 4.39. The number of fused-ring (bicyclic) bond motifs is 1. The van der Waals surface area contributed by atoms with E-state index >= 15 is 0 Å². The molecule has 2 amide bonds. The number of thiophene rings is 1. The van der Waals surface area contributed by atoms with E-state index in [4.69, 9.17) is 9.25 Å². The molecule has 0 bridgehead atoms. The quantitative estimate of drug-likeness (QED) is 0.684. The van der Waals surface area contributed by atoms with E-state index < -0.39 is 17.8 Å². The maximum absolute atomic E-state index is 12.2. The second-order valence-electron chi connectivity index (χ2n) is 4.97. The van der Waals surface area contributed by atoms with E-state index in [2.05, 4.69) is 0 Å². The number of amides is 2. The summed E-state index contributed by atoms with van der Waals surface area (Å²) in [5.74, 6) is -1.83. The zero-order valence-electron chi connectivity index (χ0n) is 12.1. The second kappa shape index (κ2) is 5.47. The summed E-state index contributed by atoms with van der Waals surface area (Å²) in [6.07, 6.45) is 0. The van der Waals surface area contributed by atoms with Crippen molar-refractivity contribution in [3.8, 4) is 10.6 Å². The zero-order valence-corrected chi connectivity index (χ0v) is 12.9. The molecule has 3 aromatic rings. The van der Waals surface area contributed by atoms with Crippen LogP contribution < -0.4 is 0 Å². The van der Waals surface area contributed by atoms with E-state index in [1.807, 2.05) is 17.5 Å². The summed E-state index contributed by atoms with van der Waals surface area (Å²) in [6, 6.07) is 13.1. The average Bonchev–Trinajstić information content (AvgIpc) is 3.32. The van der Waals surface area contributed by atoms with Gasteiger partial charge in [-0.05, 0) is 35.7 Å². The first-order valence-corrected chi connectivity index (χ1v) is 7.87. The molecule has 0 N–H and O–H groups in total. The SMILES string of the molecule is O=C(ON1C(=O)c2ccccc2C1=O)c1ccc(-c2cccs2)o1. The minimum atomic E-state index is -0.910. The van der Waals surface area contributed by atoms with E-state index in [0.29, 0.717) is 10.8 Å². The Hall–Kier alpha value is -3.19. The Morgan fingerprint density at radius 2 is 1.67 bits per heavy atom. The molecule has 4 rings (SSSR count). The number of hydrogen-bond acceptors (Lipinski definition) is 6. The molecule has 0 unspecified atom stereocenters. The average molecular weight is 339 g/mol. The number of benzene rings is 1. The van der Waals surface area contributed by atoms with Gasteiger partial charge in [0.05, 0.1) is 16.0 Å². The topological polar surface area (TPSA) is 76.8 Å². The number of nitrogens with zero attached hydrogens (tertiary/aromatic N) is 1. The monoisotopic (exact) mass is 339 g/mol. The van der Waals surface area contributed by atoms with Crippen molar-refractivity contribution in [3.05, 3.63) is 70.8 Å². The number of carbonyl (C=O) groups is 3. The van der Waals surface area contributed by atoms with Crippen molar-refractivity contribution in [3.63, 3.8) is 0 Å². The normalized spacial score (nSPS) is 13.2. The van der Waals surface area contributed by atoms with Crippen LogP contribution in [0.15, 0.2) is 58.3 Å². The molecule has 118 valence electrons. The molecular weight excluding hydrogens is 330 g/mol. The molecule has 1 aliphatic rings. The fraction of sp³-hybridized carbons (Fsp3) is 0. The highest BCUT2D eigenvalue weighted by atomic mass is 32.1. The van der Waals surface area contributed by atoms with Gasteiger partial charge in [-0.3, -0.25) is 9.59 Å². The number of imide groups is 1. The fourth-order valence-electron chi connectivity index (χ4n) is 2.38. The molecule has 1 aliphatic heterocycles. The molecule has 2 aromatic heterocycles. The number of hydroxylamine groups is 2. The van der Waals surface area contributed by atoms with Crippen LogP contribution in [0.1, 0.15) is 31.3 Å². The Morgan fingerprint density at radius 3 is 2.29 bits per heavy atom. The van der Waals surface area contributed by atoms with Crippen LogP contribution >= 0.6 is 11.3 Å². The first-order valence-electron chi connectivity index (χ1n) is 6.99. The molecule has 7 heteroatoms. The van der Waals surface area contributed by atoms with Crippen LogP contribution in [-0.2, 0) is 4.84 Å². The molecule has 0 radical (unpaired) electrons. The Labute approximate surface area is 139 Å². The van der Waals surface area contributed by atoms with Gasteiger partial charge >= 0.3 is 5.97 Å². The van der Waals surface area contributed by atoms with E-state index in [1.165, 1.54) is 29.5 Å². The number of carbonyl (C=O) groups excluding carboxylic acids is 3. The van der Waals surface area contributed by atoms with Crippen LogP contribution in [-0.4, -0.2) is 22.8 Å². The Bertz CT molecular complexity index is 922. The maximum Gasteiger partial charge on any atom is 0.399 e. The van der Waals surface area contributed by atoms with Crippen molar-refractivity contribution in [2.24, 2.45) is 0 Å². The summed E-state index contributed by atoms with van der Waals surface area (Å²) in [4.78, 5) is 42.3.